The number of carbonyl (C=O) groups is 2. The minimum Gasteiger partial charge on any atom is -0.465 e. The van der Waals surface area contributed by atoms with Gasteiger partial charge in [-0.15, -0.1) is 0 Å². The first-order valence-electron chi connectivity index (χ1n) is 7.33. The summed E-state index contributed by atoms with van der Waals surface area (Å²) in [7, 11) is 0. The summed E-state index contributed by atoms with van der Waals surface area (Å²) in [5, 5.41) is 10.1. The summed E-state index contributed by atoms with van der Waals surface area (Å²) in [5.74, 6) is 0.0540. The molecule has 3 rings (SSSR count). The van der Waals surface area contributed by atoms with Crippen molar-refractivity contribution in [2.24, 2.45) is 0 Å². The predicted molar refractivity (Wildman–Crippen MR) is 79.7 cm³/mol. The van der Waals surface area contributed by atoms with E-state index in [1.165, 1.54) is 4.90 Å². The fourth-order valence-electron chi connectivity index (χ4n) is 3.74. The Bertz CT molecular complexity index is 565. The highest BCUT2D eigenvalue weighted by molar-refractivity contribution is 6.30. The number of halogens is 1. The van der Waals surface area contributed by atoms with E-state index in [1.807, 2.05) is 24.3 Å². The number of amides is 1. The van der Waals surface area contributed by atoms with Crippen LogP contribution in [0.2, 0.25) is 5.02 Å². The van der Waals surface area contributed by atoms with Crippen LogP contribution >= 0.6 is 11.6 Å². The van der Waals surface area contributed by atoms with E-state index >= 15 is 0 Å². The Hall–Kier alpha value is -1.55. The van der Waals surface area contributed by atoms with Crippen molar-refractivity contribution in [1.29, 1.82) is 0 Å². The molecule has 5 heteroatoms. The molecule has 1 saturated carbocycles. The summed E-state index contributed by atoms with van der Waals surface area (Å²) in [6.07, 6.45) is 2.85. The zero-order valence-corrected chi connectivity index (χ0v) is 12.5. The van der Waals surface area contributed by atoms with Gasteiger partial charge in [0.25, 0.3) is 0 Å². The van der Waals surface area contributed by atoms with Crippen LogP contribution in [0.5, 0.6) is 0 Å². The van der Waals surface area contributed by atoms with Gasteiger partial charge in [0.15, 0.2) is 5.78 Å². The first kappa shape index (κ1) is 14.4. The molecular formula is C16H18ClNO3. The lowest BCUT2D eigenvalue weighted by Gasteiger charge is -2.52. The molecule has 112 valence electrons. The molecule has 0 radical (unpaired) electrons. The Kier molecular flexibility index (Phi) is 3.66. The number of rotatable bonds is 2. The van der Waals surface area contributed by atoms with Gasteiger partial charge in [-0.1, -0.05) is 30.2 Å². The third-order valence-electron chi connectivity index (χ3n) is 4.87. The Balaban J connectivity index is 2.02. The zero-order valence-electron chi connectivity index (χ0n) is 11.7. The van der Waals surface area contributed by atoms with E-state index in [1.54, 1.807) is 0 Å². The third kappa shape index (κ3) is 2.31. The maximum atomic E-state index is 12.5. The minimum absolute atomic E-state index is 0.0540. The lowest BCUT2D eigenvalue weighted by atomic mass is 9.58. The molecule has 2 aliphatic rings. The Morgan fingerprint density at radius 3 is 2.43 bits per heavy atom. The van der Waals surface area contributed by atoms with E-state index in [9.17, 15) is 14.7 Å². The van der Waals surface area contributed by atoms with E-state index in [-0.39, 0.29) is 11.2 Å². The monoisotopic (exact) mass is 307 g/mol. The van der Waals surface area contributed by atoms with Crippen LogP contribution < -0.4 is 0 Å². The number of Topliss-reactive ketones (excluding diaryl/α,β-unsaturated/α-hetero) is 1. The van der Waals surface area contributed by atoms with Gasteiger partial charge in [0.1, 0.15) is 6.04 Å². The molecule has 1 amide bonds. The van der Waals surface area contributed by atoms with E-state index in [0.29, 0.717) is 24.4 Å². The number of hydrogen-bond donors (Lipinski definition) is 1. The molecule has 1 heterocycles. The summed E-state index contributed by atoms with van der Waals surface area (Å²) in [4.78, 5) is 25.3. The Morgan fingerprint density at radius 1 is 1.24 bits per heavy atom. The summed E-state index contributed by atoms with van der Waals surface area (Å²) in [6, 6.07) is 6.95. The third-order valence-corrected chi connectivity index (χ3v) is 5.12. The summed E-state index contributed by atoms with van der Waals surface area (Å²) < 4.78 is 0. The topological polar surface area (TPSA) is 57.6 Å². The normalized spacial score (nSPS) is 24.5. The van der Waals surface area contributed by atoms with Gasteiger partial charge in [-0.2, -0.15) is 0 Å². The quantitative estimate of drug-likeness (QED) is 0.910. The zero-order chi connectivity index (χ0) is 15.0. The maximum Gasteiger partial charge on any atom is 0.407 e. The van der Waals surface area contributed by atoms with E-state index in [2.05, 4.69) is 0 Å². The number of benzene rings is 1. The van der Waals surface area contributed by atoms with Gasteiger partial charge < -0.3 is 5.11 Å². The van der Waals surface area contributed by atoms with Crippen molar-refractivity contribution < 1.29 is 14.7 Å². The van der Waals surface area contributed by atoms with Crippen LogP contribution in [-0.2, 0) is 10.2 Å². The van der Waals surface area contributed by atoms with Crippen molar-refractivity contribution in [2.75, 3.05) is 6.54 Å². The van der Waals surface area contributed by atoms with Crippen LogP contribution in [0.1, 0.15) is 37.7 Å². The highest BCUT2D eigenvalue weighted by Gasteiger charge is 2.53. The number of hydrogen-bond acceptors (Lipinski definition) is 2. The first-order chi connectivity index (χ1) is 10.0. The lowest BCUT2D eigenvalue weighted by Crippen LogP contribution is -2.61. The summed E-state index contributed by atoms with van der Waals surface area (Å²) in [5.41, 5.74) is 0.671. The van der Waals surface area contributed by atoms with E-state index in [0.717, 1.165) is 24.8 Å². The summed E-state index contributed by atoms with van der Waals surface area (Å²) in [6.45, 7) is 0.446. The molecule has 1 aromatic carbocycles. The molecule has 1 N–H and O–H groups in total. The van der Waals surface area contributed by atoms with E-state index in [4.69, 9.17) is 11.6 Å². The number of piperidine rings is 1. The molecule has 0 spiro atoms. The smallest absolute Gasteiger partial charge is 0.407 e. The summed E-state index contributed by atoms with van der Waals surface area (Å²) >= 11 is 5.95. The van der Waals surface area contributed by atoms with Crippen molar-refractivity contribution in [3.05, 3.63) is 34.9 Å². The fraction of sp³-hybridized carbons (Fsp3) is 0.500. The van der Waals surface area contributed by atoms with Crippen molar-refractivity contribution in [3.8, 4) is 0 Å². The second-order valence-corrected chi connectivity index (χ2v) is 6.40. The second-order valence-electron chi connectivity index (χ2n) is 5.96. The predicted octanol–water partition coefficient (Wildman–Crippen LogP) is 3.47. The SMILES string of the molecule is O=C1CCCN(C(=O)O)C1C1(c2ccc(Cl)cc2)CCC1. The van der Waals surface area contributed by atoms with Crippen molar-refractivity contribution in [3.63, 3.8) is 0 Å². The number of carboxylic acid groups (broad SMARTS) is 1. The van der Waals surface area contributed by atoms with Gasteiger partial charge in [-0.3, -0.25) is 9.69 Å². The minimum atomic E-state index is -0.992. The second kappa shape index (κ2) is 5.34. The number of carbonyl (C=O) groups excluding carboxylic acids is 1. The molecular weight excluding hydrogens is 290 g/mol. The molecule has 1 aliphatic heterocycles. The van der Waals surface area contributed by atoms with Crippen LogP contribution in [0.3, 0.4) is 0 Å². The molecule has 0 aromatic heterocycles. The van der Waals surface area contributed by atoms with Crippen LogP contribution in [0.4, 0.5) is 4.79 Å². The van der Waals surface area contributed by atoms with Gasteiger partial charge in [0.05, 0.1) is 0 Å². The molecule has 4 nitrogen and oxygen atoms in total. The van der Waals surface area contributed by atoms with Crippen LogP contribution in [0.15, 0.2) is 24.3 Å². The fourth-order valence-corrected chi connectivity index (χ4v) is 3.86. The molecule has 1 aromatic rings. The molecule has 2 fully saturated rings. The number of likely N-dealkylation sites (tertiary alicyclic amines) is 1. The Morgan fingerprint density at radius 2 is 1.90 bits per heavy atom. The van der Waals surface area contributed by atoms with Crippen molar-refractivity contribution in [2.45, 2.75) is 43.6 Å². The standard InChI is InChI=1S/C16H18ClNO3/c17-12-6-4-11(5-7-12)16(8-2-9-16)14-13(19)3-1-10-18(14)15(20)21/h4-7,14H,1-3,8-10H2,(H,20,21). The van der Waals surface area contributed by atoms with Gasteiger partial charge in [0.2, 0.25) is 0 Å². The molecule has 1 saturated heterocycles. The number of nitrogens with zero attached hydrogens (tertiary/aromatic N) is 1. The molecule has 21 heavy (non-hydrogen) atoms. The highest BCUT2D eigenvalue weighted by Crippen LogP contribution is 2.49. The molecule has 1 atom stereocenters. The van der Waals surface area contributed by atoms with Crippen LogP contribution in [-0.4, -0.2) is 34.5 Å². The lowest BCUT2D eigenvalue weighted by molar-refractivity contribution is -0.131. The molecule has 1 aliphatic carbocycles. The Labute approximate surface area is 128 Å². The van der Waals surface area contributed by atoms with Crippen molar-refractivity contribution >= 4 is 23.5 Å². The largest absolute Gasteiger partial charge is 0.465 e. The van der Waals surface area contributed by atoms with Gasteiger partial charge >= 0.3 is 6.09 Å². The van der Waals surface area contributed by atoms with E-state index < -0.39 is 12.1 Å². The van der Waals surface area contributed by atoms with Crippen LogP contribution in [0, 0.1) is 0 Å². The first-order valence-corrected chi connectivity index (χ1v) is 7.71. The maximum absolute atomic E-state index is 12.5. The molecule has 1 unspecified atom stereocenters. The van der Waals surface area contributed by atoms with Gasteiger partial charge in [0, 0.05) is 23.4 Å². The average molecular weight is 308 g/mol. The van der Waals surface area contributed by atoms with Gasteiger partial charge in [-0.25, -0.2) is 4.79 Å². The van der Waals surface area contributed by atoms with Gasteiger partial charge in [-0.05, 0) is 37.0 Å². The van der Waals surface area contributed by atoms with Crippen molar-refractivity contribution in [1.82, 2.24) is 4.90 Å². The number of ketones is 1. The molecule has 0 bridgehead atoms. The van der Waals surface area contributed by atoms with Crippen LogP contribution in [0.25, 0.3) is 0 Å². The average Bonchev–Trinajstić information content (AvgIpc) is 2.41. The highest BCUT2D eigenvalue weighted by atomic mass is 35.5.